The van der Waals surface area contributed by atoms with E-state index in [0.29, 0.717) is 30.8 Å². The van der Waals surface area contributed by atoms with Crippen molar-refractivity contribution in [2.75, 3.05) is 0 Å². The molecular weight excluding hydrogens is 278 g/mol. The Hall–Kier alpha value is -2.62. The Morgan fingerprint density at radius 3 is 2.86 bits per heavy atom. The van der Waals surface area contributed by atoms with Gasteiger partial charge in [-0.25, -0.2) is 0 Å². The van der Waals surface area contributed by atoms with E-state index in [1.165, 1.54) is 0 Å². The number of hydrogen-bond donors (Lipinski definition) is 0. The molecule has 0 spiro atoms. The van der Waals surface area contributed by atoms with Crippen LogP contribution in [0.5, 0.6) is 5.75 Å². The number of benzene rings is 1. The summed E-state index contributed by atoms with van der Waals surface area (Å²) in [5, 5.41) is 0.829. The van der Waals surface area contributed by atoms with Crippen LogP contribution in [-0.2, 0) is 13.0 Å². The van der Waals surface area contributed by atoms with Crippen molar-refractivity contribution in [2.45, 2.75) is 26.4 Å². The summed E-state index contributed by atoms with van der Waals surface area (Å²) in [6.07, 6.45) is 2.86. The largest absolute Gasteiger partial charge is 0.489 e. The Balaban J connectivity index is 1.87. The van der Waals surface area contributed by atoms with Crippen LogP contribution in [0.4, 0.5) is 0 Å². The second kappa shape index (κ2) is 4.98. The fourth-order valence-corrected chi connectivity index (χ4v) is 2.86. The van der Waals surface area contributed by atoms with Crippen LogP contribution in [-0.4, -0.2) is 10.8 Å². The molecule has 1 aromatic carbocycles. The van der Waals surface area contributed by atoms with Crippen molar-refractivity contribution in [1.82, 2.24) is 4.98 Å². The number of aromatic nitrogens is 1. The van der Waals surface area contributed by atoms with Gasteiger partial charge in [0.2, 0.25) is 0 Å². The summed E-state index contributed by atoms with van der Waals surface area (Å²) in [6.45, 7) is 2.29. The van der Waals surface area contributed by atoms with Gasteiger partial charge in [-0.15, -0.1) is 0 Å². The molecule has 3 aromatic rings. The van der Waals surface area contributed by atoms with Crippen molar-refractivity contribution < 1.29 is 13.9 Å². The van der Waals surface area contributed by atoms with Crippen molar-refractivity contribution in [3.63, 3.8) is 0 Å². The predicted molar refractivity (Wildman–Crippen MR) is 82.2 cm³/mol. The van der Waals surface area contributed by atoms with Gasteiger partial charge in [-0.05, 0) is 37.6 Å². The second-order valence-electron chi connectivity index (χ2n) is 5.56. The number of ether oxygens (including phenoxy) is 1. The number of ketones is 1. The van der Waals surface area contributed by atoms with Crippen LogP contribution in [0, 0.1) is 6.92 Å². The van der Waals surface area contributed by atoms with Crippen LogP contribution < -0.4 is 4.74 Å². The zero-order valence-electron chi connectivity index (χ0n) is 12.3. The molecule has 4 heteroatoms. The number of fused-ring (bicyclic) bond motifs is 5. The minimum atomic E-state index is 0.0820. The molecule has 2 aromatic heterocycles. The number of rotatable bonds is 0. The number of pyridine rings is 1. The first-order chi connectivity index (χ1) is 10.7. The molecule has 0 atom stereocenters. The molecule has 0 N–H and O–H groups in total. The van der Waals surface area contributed by atoms with E-state index in [-0.39, 0.29) is 5.78 Å². The topological polar surface area (TPSA) is 52.3 Å². The van der Waals surface area contributed by atoms with Crippen LogP contribution in [0.15, 0.2) is 40.9 Å². The molecule has 2 aliphatic heterocycles. The quantitative estimate of drug-likeness (QED) is 0.632. The van der Waals surface area contributed by atoms with Crippen molar-refractivity contribution in [3.8, 4) is 5.75 Å². The molecule has 4 nitrogen and oxygen atoms in total. The lowest BCUT2D eigenvalue weighted by Gasteiger charge is -2.06. The van der Waals surface area contributed by atoms with E-state index in [1.807, 2.05) is 43.5 Å². The van der Waals surface area contributed by atoms with E-state index in [1.54, 1.807) is 0 Å². The fraction of sp³-hybridized carbons (Fsp3) is 0.222. The molecule has 0 amide bonds. The average Bonchev–Trinajstić information content (AvgIpc) is 2.86. The monoisotopic (exact) mass is 293 g/mol. The van der Waals surface area contributed by atoms with Crippen LogP contribution in [0.2, 0.25) is 0 Å². The fourth-order valence-electron chi connectivity index (χ4n) is 2.86. The lowest BCUT2D eigenvalue weighted by molar-refractivity contribution is 0.0982. The first-order valence-corrected chi connectivity index (χ1v) is 7.34. The summed E-state index contributed by atoms with van der Waals surface area (Å²) in [5.74, 6) is 1.47. The Morgan fingerprint density at radius 2 is 2.05 bits per heavy atom. The molecule has 0 radical (unpaired) electrons. The average molecular weight is 293 g/mol. The van der Waals surface area contributed by atoms with E-state index in [0.717, 1.165) is 28.0 Å². The summed E-state index contributed by atoms with van der Waals surface area (Å²) >= 11 is 0. The molecular formula is C18H15NO3. The number of aryl methyl sites for hydroxylation is 2. The van der Waals surface area contributed by atoms with Gasteiger partial charge < -0.3 is 9.15 Å². The van der Waals surface area contributed by atoms with Crippen molar-refractivity contribution in [2.24, 2.45) is 0 Å². The van der Waals surface area contributed by atoms with Gasteiger partial charge in [-0.2, -0.15) is 0 Å². The number of furan rings is 1. The van der Waals surface area contributed by atoms with Crippen molar-refractivity contribution >= 4 is 16.8 Å². The minimum absolute atomic E-state index is 0.0820. The zero-order valence-corrected chi connectivity index (χ0v) is 12.3. The number of Topliss-reactive ketones (excluding diaryl/α,β-unsaturated/α-hetero) is 1. The summed E-state index contributed by atoms with van der Waals surface area (Å²) in [4.78, 5) is 17.0. The van der Waals surface area contributed by atoms with Crippen molar-refractivity contribution in [3.05, 3.63) is 59.1 Å². The van der Waals surface area contributed by atoms with Crippen LogP contribution >= 0.6 is 0 Å². The molecule has 4 heterocycles. The van der Waals surface area contributed by atoms with Gasteiger partial charge in [-0.3, -0.25) is 9.78 Å². The van der Waals surface area contributed by atoms with Crippen LogP contribution in [0.1, 0.15) is 33.8 Å². The highest BCUT2D eigenvalue weighted by Gasteiger charge is 2.19. The molecule has 5 rings (SSSR count). The molecule has 0 saturated heterocycles. The number of nitrogens with zero attached hydrogens (tertiary/aromatic N) is 1. The van der Waals surface area contributed by atoms with E-state index in [4.69, 9.17) is 9.15 Å². The molecule has 110 valence electrons. The van der Waals surface area contributed by atoms with Gasteiger partial charge >= 0.3 is 0 Å². The first kappa shape index (κ1) is 13.1. The molecule has 22 heavy (non-hydrogen) atoms. The SMILES string of the molecule is Cc1oc2ccc3cc2c1C(=O)CCc1ccc(cn1)CO3. The van der Waals surface area contributed by atoms with Gasteiger partial charge in [-0.1, -0.05) is 6.07 Å². The molecule has 4 bridgehead atoms. The van der Waals surface area contributed by atoms with Gasteiger partial charge in [0, 0.05) is 29.3 Å². The lowest BCUT2D eigenvalue weighted by atomic mass is 10.0. The molecule has 0 aliphatic carbocycles. The van der Waals surface area contributed by atoms with Crippen LogP contribution in [0.25, 0.3) is 11.0 Å². The predicted octanol–water partition coefficient (Wildman–Crippen LogP) is 3.84. The molecule has 0 unspecified atom stereocenters. The third kappa shape index (κ3) is 2.17. The summed E-state index contributed by atoms with van der Waals surface area (Å²) in [7, 11) is 0. The third-order valence-corrected chi connectivity index (χ3v) is 4.01. The van der Waals surface area contributed by atoms with Crippen LogP contribution in [0.3, 0.4) is 0 Å². The number of hydrogen-bond acceptors (Lipinski definition) is 4. The molecule has 2 aliphatic rings. The van der Waals surface area contributed by atoms with Gasteiger partial charge in [0.1, 0.15) is 23.7 Å². The highest BCUT2D eigenvalue weighted by atomic mass is 16.5. The van der Waals surface area contributed by atoms with Gasteiger partial charge in [0.05, 0.1) is 5.56 Å². The normalized spacial score (nSPS) is 14.5. The number of carbonyl (C=O) groups excluding carboxylic acids is 1. The lowest BCUT2D eigenvalue weighted by Crippen LogP contribution is -2.03. The maximum Gasteiger partial charge on any atom is 0.167 e. The Bertz CT molecular complexity index is 862. The standard InChI is InChI=1S/C18H15NO3/c1-11-18-15-8-14(5-7-17(15)22-11)21-10-12-2-3-13(19-9-12)4-6-16(18)20/h2-3,5,7-9H,4,6,10H2,1H3. The van der Waals surface area contributed by atoms with Crippen molar-refractivity contribution in [1.29, 1.82) is 0 Å². The van der Waals surface area contributed by atoms with Gasteiger partial charge in [0.15, 0.2) is 5.78 Å². The highest BCUT2D eigenvalue weighted by Crippen LogP contribution is 2.30. The number of carbonyl (C=O) groups is 1. The Morgan fingerprint density at radius 1 is 1.14 bits per heavy atom. The minimum Gasteiger partial charge on any atom is -0.489 e. The van der Waals surface area contributed by atoms with Gasteiger partial charge in [0.25, 0.3) is 0 Å². The van der Waals surface area contributed by atoms with E-state index >= 15 is 0 Å². The maximum absolute atomic E-state index is 12.6. The molecule has 0 saturated carbocycles. The highest BCUT2D eigenvalue weighted by molar-refractivity contribution is 6.08. The first-order valence-electron chi connectivity index (χ1n) is 7.34. The maximum atomic E-state index is 12.6. The Kier molecular flexibility index (Phi) is 2.96. The smallest absolute Gasteiger partial charge is 0.167 e. The summed E-state index contributed by atoms with van der Waals surface area (Å²) in [6, 6.07) is 9.56. The summed E-state index contributed by atoms with van der Waals surface area (Å²) in [5.41, 5.74) is 3.31. The second-order valence-corrected chi connectivity index (χ2v) is 5.56. The zero-order chi connectivity index (χ0) is 15.1. The summed E-state index contributed by atoms with van der Waals surface area (Å²) < 4.78 is 11.5. The van der Waals surface area contributed by atoms with E-state index in [2.05, 4.69) is 4.98 Å². The Labute approximate surface area is 127 Å². The van der Waals surface area contributed by atoms with E-state index < -0.39 is 0 Å². The van der Waals surface area contributed by atoms with E-state index in [9.17, 15) is 4.79 Å². The third-order valence-electron chi connectivity index (χ3n) is 4.01. The molecule has 0 fully saturated rings.